The van der Waals surface area contributed by atoms with Gasteiger partial charge in [0.2, 0.25) is 5.95 Å². The fourth-order valence-electron chi connectivity index (χ4n) is 2.75. The summed E-state index contributed by atoms with van der Waals surface area (Å²) < 4.78 is 1.62. The minimum absolute atomic E-state index is 0.0171. The van der Waals surface area contributed by atoms with Crippen molar-refractivity contribution in [3.63, 3.8) is 0 Å². The predicted molar refractivity (Wildman–Crippen MR) is 70.4 cm³/mol. The van der Waals surface area contributed by atoms with Gasteiger partial charge in [-0.3, -0.25) is 0 Å². The Bertz CT molecular complexity index is 644. The SMILES string of the molecule is Nc1nc(N)c2ncn(C3C[C@@H](CO)[C@@H](O)[C@H]3O)c2n1. The first-order chi connectivity index (χ1) is 9.52. The third-order valence-corrected chi connectivity index (χ3v) is 3.83. The first kappa shape index (κ1) is 13.0. The minimum Gasteiger partial charge on any atom is -0.396 e. The molecule has 0 bridgehead atoms. The zero-order valence-corrected chi connectivity index (χ0v) is 10.6. The van der Waals surface area contributed by atoms with Crippen LogP contribution in [-0.4, -0.2) is 53.7 Å². The Labute approximate surface area is 113 Å². The molecule has 0 aliphatic heterocycles. The number of anilines is 2. The molecule has 1 unspecified atom stereocenters. The summed E-state index contributed by atoms with van der Waals surface area (Å²) in [5.74, 6) is -0.203. The van der Waals surface area contributed by atoms with E-state index >= 15 is 0 Å². The topological polar surface area (TPSA) is 156 Å². The number of nitrogen functional groups attached to an aromatic ring is 2. The molecule has 3 rings (SSSR count). The smallest absolute Gasteiger partial charge is 0.224 e. The molecule has 2 aromatic rings. The van der Waals surface area contributed by atoms with Gasteiger partial charge in [-0.15, -0.1) is 0 Å². The molecule has 0 aromatic carbocycles. The van der Waals surface area contributed by atoms with Gasteiger partial charge in [-0.2, -0.15) is 9.97 Å². The van der Waals surface area contributed by atoms with E-state index in [9.17, 15) is 15.3 Å². The van der Waals surface area contributed by atoms with E-state index in [1.807, 2.05) is 0 Å². The zero-order valence-electron chi connectivity index (χ0n) is 10.6. The molecule has 20 heavy (non-hydrogen) atoms. The first-order valence-corrected chi connectivity index (χ1v) is 6.25. The van der Waals surface area contributed by atoms with Gasteiger partial charge in [0.25, 0.3) is 0 Å². The lowest BCUT2D eigenvalue weighted by Crippen LogP contribution is -2.30. The Balaban J connectivity index is 2.07. The molecule has 9 nitrogen and oxygen atoms in total. The third kappa shape index (κ3) is 1.79. The van der Waals surface area contributed by atoms with Crippen molar-refractivity contribution in [1.29, 1.82) is 0 Å². The molecule has 7 N–H and O–H groups in total. The molecule has 4 atom stereocenters. The second-order valence-electron chi connectivity index (χ2n) is 5.02. The van der Waals surface area contributed by atoms with E-state index in [1.54, 1.807) is 4.57 Å². The van der Waals surface area contributed by atoms with Crippen molar-refractivity contribution in [3.05, 3.63) is 6.33 Å². The number of aliphatic hydroxyl groups excluding tert-OH is 3. The Morgan fingerprint density at radius 3 is 2.65 bits per heavy atom. The fraction of sp³-hybridized carbons (Fsp3) is 0.545. The Kier molecular flexibility index (Phi) is 2.96. The summed E-state index contributed by atoms with van der Waals surface area (Å²) in [6.45, 7) is -0.194. The minimum atomic E-state index is -1.01. The molecule has 0 saturated heterocycles. The van der Waals surface area contributed by atoms with Gasteiger partial charge in [0.15, 0.2) is 11.5 Å². The lowest BCUT2D eigenvalue weighted by Gasteiger charge is -2.18. The molecule has 1 aliphatic carbocycles. The molecule has 0 radical (unpaired) electrons. The molecule has 9 heteroatoms. The highest BCUT2D eigenvalue weighted by molar-refractivity contribution is 5.82. The fourth-order valence-corrected chi connectivity index (χ4v) is 2.75. The number of nitrogens with zero attached hydrogens (tertiary/aromatic N) is 4. The largest absolute Gasteiger partial charge is 0.396 e. The quantitative estimate of drug-likeness (QED) is 0.434. The maximum Gasteiger partial charge on any atom is 0.224 e. The number of rotatable bonds is 2. The van der Waals surface area contributed by atoms with E-state index in [4.69, 9.17) is 11.5 Å². The number of aromatic nitrogens is 4. The molecular weight excluding hydrogens is 264 g/mol. The summed E-state index contributed by atoms with van der Waals surface area (Å²) in [5, 5.41) is 29.2. The standard InChI is InChI=1S/C11H16N6O3/c12-9-6-10(16-11(13)15-9)17(3-14-6)5-1-4(2-18)7(19)8(5)20/h3-5,7-8,18-20H,1-2H2,(H4,12,13,15,16)/t4-,5?,7+,8-/m0/s1. The lowest BCUT2D eigenvalue weighted by atomic mass is 10.1. The van der Waals surface area contributed by atoms with Gasteiger partial charge < -0.3 is 31.4 Å². The number of nitrogens with two attached hydrogens (primary N) is 2. The van der Waals surface area contributed by atoms with Crippen molar-refractivity contribution < 1.29 is 15.3 Å². The summed E-state index contributed by atoms with van der Waals surface area (Å²) >= 11 is 0. The Morgan fingerprint density at radius 2 is 2.00 bits per heavy atom. The molecule has 1 aliphatic rings. The van der Waals surface area contributed by atoms with Crippen molar-refractivity contribution in [2.24, 2.45) is 5.92 Å². The van der Waals surface area contributed by atoms with Gasteiger partial charge in [0.05, 0.1) is 18.5 Å². The van der Waals surface area contributed by atoms with Crippen molar-refractivity contribution in [2.45, 2.75) is 24.7 Å². The molecule has 0 spiro atoms. The molecule has 2 heterocycles. The van der Waals surface area contributed by atoms with Crippen LogP contribution in [0.4, 0.5) is 11.8 Å². The van der Waals surface area contributed by atoms with E-state index in [2.05, 4.69) is 15.0 Å². The van der Waals surface area contributed by atoms with Crippen LogP contribution < -0.4 is 11.5 Å². The Morgan fingerprint density at radius 1 is 1.25 bits per heavy atom. The van der Waals surface area contributed by atoms with E-state index in [0.29, 0.717) is 17.6 Å². The van der Waals surface area contributed by atoms with Crippen LogP contribution in [0.2, 0.25) is 0 Å². The van der Waals surface area contributed by atoms with Crippen molar-refractivity contribution >= 4 is 22.9 Å². The number of hydrogen-bond acceptors (Lipinski definition) is 8. The van der Waals surface area contributed by atoms with Crippen LogP contribution in [0.1, 0.15) is 12.5 Å². The normalized spacial score (nSPS) is 30.1. The number of hydrogen-bond donors (Lipinski definition) is 5. The molecule has 108 valence electrons. The predicted octanol–water partition coefficient (Wildman–Crippen LogP) is -1.73. The van der Waals surface area contributed by atoms with Gasteiger partial charge in [0, 0.05) is 12.5 Å². The van der Waals surface area contributed by atoms with Crippen LogP contribution >= 0.6 is 0 Å². The van der Waals surface area contributed by atoms with E-state index in [1.165, 1.54) is 6.33 Å². The van der Waals surface area contributed by atoms with Crippen LogP contribution in [0.25, 0.3) is 11.2 Å². The van der Waals surface area contributed by atoms with Gasteiger partial charge >= 0.3 is 0 Å². The summed E-state index contributed by atoms with van der Waals surface area (Å²) in [7, 11) is 0. The van der Waals surface area contributed by atoms with Crippen LogP contribution in [0, 0.1) is 5.92 Å². The third-order valence-electron chi connectivity index (χ3n) is 3.83. The van der Waals surface area contributed by atoms with Crippen LogP contribution in [-0.2, 0) is 0 Å². The highest BCUT2D eigenvalue weighted by Crippen LogP contribution is 2.36. The lowest BCUT2D eigenvalue weighted by molar-refractivity contribution is -0.00370. The van der Waals surface area contributed by atoms with Crippen LogP contribution in [0.15, 0.2) is 6.33 Å². The molecular formula is C11H16N6O3. The molecule has 0 amide bonds. The maximum atomic E-state index is 10.1. The summed E-state index contributed by atoms with van der Waals surface area (Å²) in [5.41, 5.74) is 12.1. The van der Waals surface area contributed by atoms with Crippen LogP contribution in [0.5, 0.6) is 0 Å². The van der Waals surface area contributed by atoms with Gasteiger partial charge in [-0.25, -0.2) is 4.98 Å². The average Bonchev–Trinajstić information content (AvgIpc) is 2.93. The number of imidazole rings is 1. The summed E-state index contributed by atoms with van der Waals surface area (Å²) in [4.78, 5) is 12.0. The summed E-state index contributed by atoms with van der Waals surface area (Å²) in [6, 6.07) is -0.444. The van der Waals surface area contributed by atoms with Gasteiger partial charge in [-0.1, -0.05) is 0 Å². The van der Waals surface area contributed by atoms with Gasteiger partial charge in [-0.05, 0) is 6.42 Å². The maximum absolute atomic E-state index is 10.1. The molecule has 2 aromatic heterocycles. The van der Waals surface area contributed by atoms with Crippen LogP contribution in [0.3, 0.4) is 0 Å². The number of aliphatic hydroxyl groups is 3. The van der Waals surface area contributed by atoms with E-state index in [-0.39, 0.29) is 24.3 Å². The molecule has 1 fully saturated rings. The molecule has 1 saturated carbocycles. The van der Waals surface area contributed by atoms with Crippen molar-refractivity contribution in [1.82, 2.24) is 19.5 Å². The highest BCUT2D eigenvalue weighted by atomic mass is 16.3. The summed E-state index contributed by atoms with van der Waals surface area (Å²) in [6.07, 6.45) is -0.107. The van der Waals surface area contributed by atoms with E-state index < -0.39 is 18.2 Å². The van der Waals surface area contributed by atoms with Crippen molar-refractivity contribution in [3.8, 4) is 0 Å². The number of fused-ring (bicyclic) bond motifs is 1. The first-order valence-electron chi connectivity index (χ1n) is 6.25. The second kappa shape index (κ2) is 4.54. The van der Waals surface area contributed by atoms with Crippen molar-refractivity contribution in [2.75, 3.05) is 18.1 Å². The average molecular weight is 280 g/mol. The zero-order chi connectivity index (χ0) is 14.4. The van der Waals surface area contributed by atoms with Gasteiger partial charge in [0.1, 0.15) is 11.6 Å². The monoisotopic (exact) mass is 280 g/mol. The highest BCUT2D eigenvalue weighted by Gasteiger charge is 2.42. The second-order valence-corrected chi connectivity index (χ2v) is 5.02. The Hall–Kier alpha value is -1.97. The van der Waals surface area contributed by atoms with E-state index in [0.717, 1.165) is 0 Å².